The molecule has 1 N–H and O–H groups in total. The summed E-state index contributed by atoms with van der Waals surface area (Å²) in [6, 6.07) is 12.7. The molecule has 0 aromatic heterocycles. The number of carbonyl (C=O) groups is 1. The smallest absolute Gasteiger partial charge is 0.273 e. The second kappa shape index (κ2) is 7.21. The van der Waals surface area contributed by atoms with E-state index in [-0.39, 0.29) is 11.5 Å². The molecule has 0 saturated heterocycles. The average molecular weight is 302 g/mol. The SMILES string of the molecule is CNC(=O)C(=NOC)c1ccc(F)cc1Oc1ccccc1. The molecule has 0 fully saturated rings. The lowest BCUT2D eigenvalue weighted by atomic mass is 10.1. The Labute approximate surface area is 127 Å². The summed E-state index contributed by atoms with van der Waals surface area (Å²) in [5, 5.41) is 6.15. The van der Waals surface area contributed by atoms with E-state index < -0.39 is 11.7 Å². The van der Waals surface area contributed by atoms with Gasteiger partial charge in [0.05, 0.1) is 5.56 Å². The minimum atomic E-state index is -0.483. The molecule has 2 aromatic rings. The van der Waals surface area contributed by atoms with Gasteiger partial charge in [-0.2, -0.15) is 0 Å². The summed E-state index contributed by atoms with van der Waals surface area (Å²) in [5.74, 6) is -0.261. The minimum absolute atomic E-state index is 0.00377. The van der Waals surface area contributed by atoms with Gasteiger partial charge in [0, 0.05) is 13.1 Å². The van der Waals surface area contributed by atoms with Crippen LogP contribution in [0.1, 0.15) is 5.56 Å². The summed E-state index contributed by atoms with van der Waals surface area (Å²) >= 11 is 0. The maximum absolute atomic E-state index is 13.5. The first kappa shape index (κ1) is 15.5. The third-order valence-corrected chi connectivity index (χ3v) is 2.79. The second-order valence-corrected chi connectivity index (χ2v) is 4.26. The Balaban J connectivity index is 2.47. The summed E-state index contributed by atoms with van der Waals surface area (Å²) in [6.45, 7) is 0. The Hall–Kier alpha value is -2.89. The van der Waals surface area contributed by atoms with E-state index in [1.54, 1.807) is 24.3 Å². The zero-order valence-corrected chi connectivity index (χ0v) is 12.2. The number of nitrogens with zero attached hydrogens (tertiary/aromatic N) is 1. The van der Waals surface area contributed by atoms with Gasteiger partial charge in [0.15, 0.2) is 5.71 Å². The van der Waals surface area contributed by atoms with Crippen molar-refractivity contribution in [3.8, 4) is 11.5 Å². The number of nitrogens with one attached hydrogen (secondary N) is 1. The van der Waals surface area contributed by atoms with Gasteiger partial charge < -0.3 is 14.9 Å². The number of oxime groups is 1. The number of para-hydroxylation sites is 1. The molecule has 22 heavy (non-hydrogen) atoms. The van der Waals surface area contributed by atoms with Crippen molar-refractivity contribution in [2.24, 2.45) is 5.16 Å². The van der Waals surface area contributed by atoms with Crippen LogP contribution >= 0.6 is 0 Å². The molecule has 0 bridgehead atoms. The van der Waals surface area contributed by atoms with Gasteiger partial charge in [-0.15, -0.1) is 0 Å². The van der Waals surface area contributed by atoms with E-state index in [0.29, 0.717) is 11.3 Å². The predicted octanol–water partition coefficient (Wildman–Crippen LogP) is 2.71. The fourth-order valence-electron chi connectivity index (χ4n) is 1.81. The third kappa shape index (κ3) is 3.60. The maximum atomic E-state index is 13.5. The van der Waals surface area contributed by atoms with E-state index in [1.807, 2.05) is 6.07 Å². The van der Waals surface area contributed by atoms with E-state index in [0.717, 1.165) is 0 Å². The zero-order valence-electron chi connectivity index (χ0n) is 12.2. The Morgan fingerprint density at radius 1 is 1.18 bits per heavy atom. The van der Waals surface area contributed by atoms with Crippen molar-refractivity contribution in [3.05, 3.63) is 59.9 Å². The van der Waals surface area contributed by atoms with Crippen molar-refractivity contribution >= 4 is 11.6 Å². The van der Waals surface area contributed by atoms with Crippen LogP contribution in [0.3, 0.4) is 0 Å². The average Bonchev–Trinajstić information content (AvgIpc) is 2.54. The standard InChI is InChI=1S/C16H15FN2O3/c1-18-16(20)15(19-21-2)13-9-8-11(17)10-14(13)22-12-6-4-3-5-7-12/h3-10H,1-2H3,(H,18,20). The molecule has 1 amide bonds. The first-order valence-corrected chi connectivity index (χ1v) is 6.51. The molecule has 0 unspecified atom stereocenters. The highest BCUT2D eigenvalue weighted by atomic mass is 19.1. The lowest BCUT2D eigenvalue weighted by molar-refractivity contribution is -0.114. The van der Waals surface area contributed by atoms with Crippen molar-refractivity contribution in [2.75, 3.05) is 14.2 Å². The van der Waals surface area contributed by atoms with E-state index in [1.165, 1.54) is 32.4 Å². The normalized spacial score (nSPS) is 11.0. The number of hydrogen-bond donors (Lipinski definition) is 1. The quantitative estimate of drug-likeness (QED) is 0.682. The lowest BCUT2D eigenvalue weighted by Gasteiger charge is -2.12. The molecule has 0 saturated carbocycles. The maximum Gasteiger partial charge on any atom is 0.273 e. The number of halogens is 1. The van der Waals surface area contributed by atoms with Crippen molar-refractivity contribution in [3.63, 3.8) is 0 Å². The Kier molecular flexibility index (Phi) is 5.08. The summed E-state index contributed by atoms with van der Waals surface area (Å²) < 4.78 is 19.2. The van der Waals surface area contributed by atoms with E-state index >= 15 is 0 Å². The van der Waals surface area contributed by atoms with E-state index in [9.17, 15) is 9.18 Å². The summed E-state index contributed by atoms with van der Waals surface area (Å²) in [7, 11) is 2.79. The fraction of sp³-hybridized carbons (Fsp3) is 0.125. The number of benzene rings is 2. The van der Waals surface area contributed by atoms with Crippen LogP contribution in [-0.4, -0.2) is 25.8 Å². The molecule has 0 aliphatic carbocycles. The van der Waals surface area contributed by atoms with Crippen LogP contribution < -0.4 is 10.1 Å². The first-order valence-electron chi connectivity index (χ1n) is 6.51. The van der Waals surface area contributed by atoms with Crippen LogP contribution in [0.5, 0.6) is 11.5 Å². The van der Waals surface area contributed by atoms with Gasteiger partial charge in [0.1, 0.15) is 24.4 Å². The molecule has 2 aromatic carbocycles. The second-order valence-electron chi connectivity index (χ2n) is 4.26. The van der Waals surface area contributed by atoms with Crippen molar-refractivity contribution in [1.82, 2.24) is 5.32 Å². The molecule has 0 atom stereocenters. The lowest BCUT2D eigenvalue weighted by Crippen LogP contribution is -2.28. The molecule has 0 aliphatic heterocycles. The number of carbonyl (C=O) groups excluding carboxylic acids is 1. The fourth-order valence-corrected chi connectivity index (χ4v) is 1.81. The van der Waals surface area contributed by atoms with Gasteiger partial charge in [-0.3, -0.25) is 4.79 Å². The summed E-state index contributed by atoms with van der Waals surface area (Å²) in [4.78, 5) is 16.6. The van der Waals surface area contributed by atoms with Crippen molar-refractivity contribution in [1.29, 1.82) is 0 Å². The molecular weight excluding hydrogens is 287 g/mol. The topological polar surface area (TPSA) is 59.9 Å². The van der Waals surface area contributed by atoms with Crippen LogP contribution in [0.15, 0.2) is 53.7 Å². The molecule has 114 valence electrons. The van der Waals surface area contributed by atoms with Gasteiger partial charge in [0.25, 0.3) is 5.91 Å². The van der Waals surface area contributed by atoms with Gasteiger partial charge in [-0.25, -0.2) is 4.39 Å². The summed E-state index contributed by atoms with van der Waals surface area (Å²) in [5.41, 5.74) is 0.322. The van der Waals surface area contributed by atoms with Gasteiger partial charge >= 0.3 is 0 Å². The molecule has 5 nitrogen and oxygen atoms in total. The van der Waals surface area contributed by atoms with Crippen LogP contribution in [0.25, 0.3) is 0 Å². The highest BCUT2D eigenvalue weighted by Crippen LogP contribution is 2.27. The molecular formula is C16H15FN2O3. The van der Waals surface area contributed by atoms with Gasteiger partial charge in [-0.1, -0.05) is 23.4 Å². The summed E-state index contributed by atoms with van der Waals surface area (Å²) in [6.07, 6.45) is 0. The van der Waals surface area contributed by atoms with Gasteiger partial charge in [-0.05, 0) is 24.3 Å². The first-order chi connectivity index (χ1) is 10.7. The van der Waals surface area contributed by atoms with Crippen molar-refractivity contribution < 1.29 is 18.8 Å². The largest absolute Gasteiger partial charge is 0.457 e. The van der Waals surface area contributed by atoms with Crippen LogP contribution in [0.2, 0.25) is 0 Å². The molecule has 2 rings (SSSR count). The highest BCUT2D eigenvalue weighted by Gasteiger charge is 2.19. The van der Waals surface area contributed by atoms with Crippen LogP contribution in [0, 0.1) is 5.82 Å². The predicted molar refractivity (Wildman–Crippen MR) is 80.5 cm³/mol. The number of likely N-dealkylation sites (N-methyl/N-ethyl adjacent to an activating group) is 1. The Morgan fingerprint density at radius 3 is 2.55 bits per heavy atom. The molecule has 0 aliphatic rings. The van der Waals surface area contributed by atoms with Crippen LogP contribution in [0.4, 0.5) is 4.39 Å². The molecule has 0 radical (unpaired) electrons. The third-order valence-electron chi connectivity index (χ3n) is 2.79. The number of hydrogen-bond acceptors (Lipinski definition) is 4. The molecule has 6 heteroatoms. The minimum Gasteiger partial charge on any atom is -0.457 e. The van der Waals surface area contributed by atoms with Gasteiger partial charge in [0.2, 0.25) is 0 Å². The Morgan fingerprint density at radius 2 is 1.91 bits per heavy atom. The number of amides is 1. The molecule has 0 spiro atoms. The number of rotatable bonds is 5. The van der Waals surface area contributed by atoms with E-state index in [2.05, 4.69) is 10.5 Å². The zero-order chi connectivity index (χ0) is 15.9. The van der Waals surface area contributed by atoms with E-state index in [4.69, 9.17) is 9.57 Å². The van der Waals surface area contributed by atoms with Crippen LogP contribution in [-0.2, 0) is 9.63 Å². The Bertz CT molecular complexity index is 687. The van der Waals surface area contributed by atoms with Crippen molar-refractivity contribution in [2.45, 2.75) is 0 Å². The highest BCUT2D eigenvalue weighted by molar-refractivity contribution is 6.45. The monoisotopic (exact) mass is 302 g/mol. The number of ether oxygens (including phenoxy) is 1. The molecule has 0 heterocycles.